The van der Waals surface area contributed by atoms with Crippen molar-refractivity contribution in [2.75, 3.05) is 26.0 Å². The van der Waals surface area contributed by atoms with Crippen molar-refractivity contribution in [3.05, 3.63) is 22.7 Å². The van der Waals surface area contributed by atoms with Crippen LogP contribution < -0.4 is 15.2 Å². The van der Waals surface area contributed by atoms with Gasteiger partial charge in [0.15, 0.2) is 21.3 Å². The van der Waals surface area contributed by atoms with E-state index in [9.17, 15) is 8.42 Å². The van der Waals surface area contributed by atoms with Crippen molar-refractivity contribution in [1.29, 1.82) is 0 Å². The van der Waals surface area contributed by atoms with Gasteiger partial charge in [0.05, 0.1) is 23.1 Å². The van der Waals surface area contributed by atoms with Crippen LogP contribution in [0.2, 0.25) is 5.02 Å². The molecule has 2 N–H and O–H groups in total. The summed E-state index contributed by atoms with van der Waals surface area (Å²) in [5.74, 6) is 0.779. The minimum absolute atomic E-state index is 0.0346. The summed E-state index contributed by atoms with van der Waals surface area (Å²) in [6, 6.07) is 3.55. The summed E-state index contributed by atoms with van der Waals surface area (Å²) < 4.78 is 34.2. The van der Waals surface area contributed by atoms with Crippen LogP contribution in [0.3, 0.4) is 0 Å². The summed E-state index contributed by atoms with van der Waals surface area (Å²) in [4.78, 5) is 0. The van der Waals surface area contributed by atoms with Gasteiger partial charge in [0.25, 0.3) is 0 Å². The summed E-state index contributed by atoms with van der Waals surface area (Å²) >= 11 is 6.17. The maximum absolute atomic E-state index is 11.7. The molecule has 0 bridgehead atoms. The number of benzene rings is 1. The Balaban J connectivity index is 2.84. The minimum atomic E-state index is -3.14. The number of nitrogens with two attached hydrogens (primary N) is 1. The van der Waals surface area contributed by atoms with Gasteiger partial charge in [-0.3, -0.25) is 0 Å². The van der Waals surface area contributed by atoms with E-state index in [0.29, 0.717) is 29.5 Å². The van der Waals surface area contributed by atoms with E-state index >= 15 is 0 Å². The molecule has 7 heteroatoms. The van der Waals surface area contributed by atoms with E-state index in [4.69, 9.17) is 26.8 Å². The van der Waals surface area contributed by atoms with Crippen LogP contribution in [-0.2, 0) is 16.3 Å². The summed E-state index contributed by atoms with van der Waals surface area (Å²) in [5, 5.41) is -0.0369. The molecule has 0 heterocycles. The van der Waals surface area contributed by atoms with E-state index < -0.39 is 15.1 Å². The SMILES string of the molecule is COc1cc(CCN)cc(Cl)c1OCCS(=O)(=O)C(C)C. The predicted molar refractivity (Wildman–Crippen MR) is 85.2 cm³/mol. The zero-order chi connectivity index (χ0) is 16.0. The van der Waals surface area contributed by atoms with Crippen molar-refractivity contribution in [3.8, 4) is 11.5 Å². The minimum Gasteiger partial charge on any atom is -0.493 e. The molecule has 1 aromatic carbocycles. The lowest BCUT2D eigenvalue weighted by Crippen LogP contribution is -2.22. The van der Waals surface area contributed by atoms with Crippen molar-refractivity contribution < 1.29 is 17.9 Å². The Kier molecular flexibility index (Phi) is 6.77. The molecule has 5 nitrogen and oxygen atoms in total. The van der Waals surface area contributed by atoms with Crippen LogP contribution in [0, 0.1) is 0 Å². The first-order valence-electron chi connectivity index (χ1n) is 6.72. The van der Waals surface area contributed by atoms with E-state index in [1.807, 2.05) is 0 Å². The van der Waals surface area contributed by atoms with Gasteiger partial charge in [-0.1, -0.05) is 11.6 Å². The zero-order valence-electron chi connectivity index (χ0n) is 12.6. The van der Waals surface area contributed by atoms with E-state index in [1.54, 1.807) is 26.0 Å². The molecule has 1 aromatic rings. The van der Waals surface area contributed by atoms with Gasteiger partial charge in [-0.2, -0.15) is 0 Å². The first kappa shape index (κ1) is 18.1. The number of ether oxygens (including phenoxy) is 2. The van der Waals surface area contributed by atoms with Gasteiger partial charge in [0.1, 0.15) is 6.61 Å². The standard InChI is InChI=1S/C14H22ClNO4S/c1-10(2)21(17,18)7-6-20-14-12(15)8-11(4-5-16)9-13(14)19-3/h8-10H,4-7,16H2,1-3H3. The molecule has 0 aliphatic rings. The van der Waals surface area contributed by atoms with Crippen LogP contribution in [0.5, 0.6) is 11.5 Å². The fraction of sp³-hybridized carbons (Fsp3) is 0.571. The third-order valence-corrected chi connectivity index (χ3v) is 5.51. The molecule has 0 aliphatic heterocycles. The maximum Gasteiger partial charge on any atom is 0.179 e. The highest BCUT2D eigenvalue weighted by atomic mass is 35.5. The fourth-order valence-electron chi connectivity index (χ4n) is 1.72. The van der Waals surface area contributed by atoms with Gasteiger partial charge in [-0.15, -0.1) is 0 Å². The largest absolute Gasteiger partial charge is 0.493 e. The predicted octanol–water partition coefficient (Wildman–Crippen LogP) is 2.05. The Morgan fingerprint density at radius 1 is 1.33 bits per heavy atom. The molecule has 0 spiro atoms. The van der Waals surface area contributed by atoms with Crippen molar-refractivity contribution in [1.82, 2.24) is 0 Å². The molecule has 0 radical (unpaired) electrons. The van der Waals surface area contributed by atoms with E-state index in [-0.39, 0.29) is 12.4 Å². The second-order valence-corrected chi connectivity index (χ2v) is 8.00. The van der Waals surface area contributed by atoms with Crippen LogP contribution >= 0.6 is 11.6 Å². The van der Waals surface area contributed by atoms with Crippen LogP contribution in [0.15, 0.2) is 12.1 Å². The Hall–Kier alpha value is -0.980. The lowest BCUT2D eigenvalue weighted by Gasteiger charge is -2.14. The first-order valence-corrected chi connectivity index (χ1v) is 8.82. The maximum atomic E-state index is 11.7. The molecule has 0 aliphatic carbocycles. The third-order valence-electron chi connectivity index (χ3n) is 3.05. The molecule has 0 unspecified atom stereocenters. The summed E-state index contributed by atoms with van der Waals surface area (Å²) in [6.07, 6.45) is 0.679. The molecule has 0 atom stereocenters. The Morgan fingerprint density at radius 3 is 2.52 bits per heavy atom. The Morgan fingerprint density at radius 2 is 2.00 bits per heavy atom. The van der Waals surface area contributed by atoms with Gasteiger partial charge in [0.2, 0.25) is 0 Å². The van der Waals surface area contributed by atoms with Crippen LogP contribution in [0.1, 0.15) is 19.4 Å². The number of halogens is 1. The van der Waals surface area contributed by atoms with Crippen LogP contribution in [-0.4, -0.2) is 39.7 Å². The monoisotopic (exact) mass is 335 g/mol. The zero-order valence-corrected chi connectivity index (χ0v) is 14.1. The quantitative estimate of drug-likeness (QED) is 0.786. The number of methoxy groups -OCH3 is 1. The third kappa shape index (κ3) is 5.05. The molecule has 0 fully saturated rings. The van der Waals surface area contributed by atoms with Crippen molar-refractivity contribution in [2.24, 2.45) is 5.73 Å². The van der Waals surface area contributed by atoms with Crippen molar-refractivity contribution >= 4 is 21.4 Å². The molecule has 0 saturated heterocycles. The lowest BCUT2D eigenvalue weighted by molar-refractivity contribution is 0.311. The van der Waals surface area contributed by atoms with Crippen LogP contribution in [0.25, 0.3) is 0 Å². The highest BCUT2D eigenvalue weighted by Gasteiger charge is 2.18. The number of rotatable bonds is 8. The van der Waals surface area contributed by atoms with Crippen LogP contribution in [0.4, 0.5) is 0 Å². The average molecular weight is 336 g/mol. The van der Waals surface area contributed by atoms with Gasteiger partial charge in [0, 0.05) is 0 Å². The van der Waals surface area contributed by atoms with E-state index in [1.165, 1.54) is 7.11 Å². The molecule has 0 amide bonds. The van der Waals surface area contributed by atoms with Crippen molar-refractivity contribution in [3.63, 3.8) is 0 Å². The lowest BCUT2D eigenvalue weighted by atomic mass is 10.1. The van der Waals surface area contributed by atoms with Gasteiger partial charge >= 0.3 is 0 Å². The molecular formula is C14H22ClNO4S. The fourth-order valence-corrected chi connectivity index (χ4v) is 2.79. The second kappa shape index (κ2) is 7.87. The van der Waals surface area contributed by atoms with Gasteiger partial charge < -0.3 is 15.2 Å². The van der Waals surface area contributed by atoms with E-state index in [0.717, 1.165) is 5.56 Å². The number of hydrogen-bond donors (Lipinski definition) is 1. The summed E-state index contributed by atoms with van der Waals surface area (Å²) in [7, 11) is -1.63. The Labute approximate surface area is 131 Å². The topological polar surface area (TPSA) is 78.6 Å². The molecule has 21 heavy (non-hydrogen) atoms. The van der Waals surface area contributed by atoms with Gasteiger partial charge in [-0.05, 0) is 44.5 Å². The second-order valence-electron chi connectivity index (χ2n) is 4.91. The molecule has 0 aromatic heterocycles. The normalized spacial score (nSPS) is 11.7. The first-order chi connectivity index (χ1) is 9.81. The molecule has 120 valence electrons. The molecular weight excluding hydrogens is 314 g/mol. The molecule has 0 saturated carbocycles. The smallest absolute Gasteiger partial charge is 0.179 e. The van der Waals surface area contributed by atoms with Gasteiger partial charge in [-0.25, -0.2) is 8.42 Å². The molecule has 1 rings (SSSR count). The van der Waals surface area contributed by atoms with Crippen molar-refractivity contribution in [2.45, 2.75) is 25.5 Å². The number of sulfone groups is 1. The highest BCUT2D eigenvalue weighted by molar-refractivity contribution is 7.91. The summed E-state index contributed by atoms with van der Waals surface area (Å²) in [6.45, 7) is 3.83. The van der Waals surface area contributed by atoms with E-state index in [2.05, 4.69) is 0 Å². The summed E-state index contributed by atoms with van der Waals surface area (Å²) in [5.41, 5.74) is 6.46. The number of hydrogen-bond acceptors (Lipinski definition) is 5. The average Bonchev–Trinajstić information content (AvgIpc) is 2.40. The Bertz CT molecular complexity index is 573. The highest BCUT2D eigenvalue weighted by Crippen LogP contribution is 2.36.